The number of rotatable bonds is 2. The van der Waals surface area contributed by atoms with Crippen LogP contribution in [0.1, 0.15) is 19.3 Å². The van der Waals surface area contributed by atoms with Crippen molar-refractivity contribution in [3.8, 4) is 5.75 Å². The SMILES string of the molecule is Clc1ccc(OC2CCCCO2)c2ccccc12. The van der Waals surface area contributed by atoms with Crippen LogP contribution in [0.15, 0.2) is 36.4 Å². The van der Waals surface area contributed by atoms with Crippen LogP contribution < -0.4 is 4.74 Å². The molecule has 0 bridgehead atoms. The summed E-state index contributed by atoms with van der Waals surface area (Å²) in [5, 5.41) is 2.81. The second-order valence-corrected chi connectivity index (χ2v) is 4.91. The highest BCUT2D eigenvalue weighted by molar-refractivity contribution is 6.35. The van der Waals surface area contributed by atoms with E-state index in [1.54, 1.807) is 0 Å². The number of halogens is 1. The van der Waals surface area contributed by atoms with Gasteiger partial charge in [-0.2, -0.15) is 0 Å². The standard InChI is InChI=1S/C15H15ClO2/c16-13-8-9-14(12-6-2-1-5-11(12)13)18-15-7-3-4-10-17-15/h1-2,5-6,8-9,15H,3-4,7,10H2. The molecule has 2 aromatic carbocycles. The highest BCUT2D eigenvalue weighted by Crippen LogP contribution is 2.32. The average molecular weight is 263 g/mol. The van der Waals surface area contributed by atoms with Gasteiger partial charge in [0.15, 0.2) is 6.29 Å². The maximum absolute atomic E-state index is 6.18. The van der Waals surface area contributed by atoms with Crippen LogP contribution in [0.25, 0.3) is 10.8 Å². The van der Waals surface area contributed by atoms with Crippen LogP contribution in [-0.4, -0.2) is 12.9 Å². The molecule has 0 radical (unpaired) electrons. The van der Waals surface area contributed by atoms with Crippen molar-refractivity contribution in [3.05, 3.63) is 41.4 Å². The first-order valence-electron chi connectivity index (χ1n) is 6.30. The number of benzene rings is 2. The lowest BCUT2D eigenvalue weighted by molar-refractivity contribution is -0.105. The summed E-state index contributed by atoms with van der Waals surface area (Å²) in [5.74, 6) is 0.849. The lowest BCUT2D eigenvalue weighted by atomic mass is 10.1. The van der Waals surface area contributed by atoms with Crippen molar-refractivity contribution < 1.29 is 9.47 Å². The number of ether oxygens (including phenoxy) is 2. The van der Waals surface area contributed by atoms with Crippen molar-refractivity contribution in [1.29, 1.82) is 0 Å². The molecule has 2 aromatic rings. The molecule has 1 unspecified atom stereocenters. The maximum Gasteiger partial charge on any atom is 0.199 e. The summed E-state index contributed by atoms with van der Waals surface area (Å²) in [5.41, 5.74) is 0. The molecule has 1 fully saturated rings. The Morgan fingerprint density at radius 1 is 1.06 bits per heavy atom. The molecular formula is C15H15ClO2. The predicted molar refractivity (Wildman–Crippen MR) is 73.2 cm³/mol. The van der Waals surface area contributed by atoms with Crippen molar-refractivity contribution >= 4 is 22.4 Å². The van der Waals surface area contributed by atoms with E-state index in [0.717, 1.165) is 47.4 Å². The van der Waals surface area contributed by atoms with Gasteiger partial charge in [0.05, 0.1) is 6.61 Å². The third-order valence-corrected chi connectivity index (χ3v) is 3.56. The minimum atomic E-state index is -0.122. The van der Waals surface area contributed by atoms with E-state index in [1.165, 1.54) is 0 Å². The van der Waals surface area contributed by atoms with Crippen molar-refractivity contribution in [3.63, 3.8) is 0 Å². The van der Waals surface area contributed by atoms with E-state index in [9.17, 15) is 0 Å². The van der Waals surface area contributed by atoms with Gasteiger partial charge in [-0.05, 0) is 25.0 Å². The number of hydrogen-bond acceptors (Lipinski definition) is 2. The molecule has 1 saturated heterocycles. The van der Waals surface area contributed by atoms with Crippen LogP contribution in [0.4, 0.5) is 0 Å². The summed E-state index contributed by atoms with van der Waals surface area (Å²) in [6, 6.07) is 11.8. The highest BCUT2D eigenvalue weighted by Gasteiger charge is 2.16. The first-order valence-corrected chi connectivity index (χ1v) is 6.68. The number of fused-ring (bicyclic) bond motifs is 1. The smallest absolute Gasteiger partial charge is 0.199 e. The largest absolute Gasteiger partial charge is 0.464 e. The monoisotopic (exact) mass is 262 g/mol. The van der Waals surface area contributed by atoms with E-state index in [0.29, 0.717) is 0 Å². The maximum atomic E-state index is 6.18. The van der Waals surface area contributed by atoms with Crippen molar-refractivity contribution in [2.24, 2.45) is 0 Å². The van der Waals surface area contributed by atoms with Gasteiger partial charge in [0.25, 0.3) is 0 Å². The summed E-state index contributed by atoms with van der Waals surface area (Å²) < 4.78 is 11.5. The van der Waals surface area contributed by atoms with E-state index >= 15 is 0 Å². The zero-order chi connectivity index (χ0) is 12.4. The molecule has 1 aliphatic rings. The fourth-order valence-electron chi connectivity index (χ4n) is 2.28. The molecule has 0 saturated carbocycles. The molecule has 0 aromatic heterocycles. The molecule has 3 rings (SSSR count). The molecule has 1 heterocycles. The Labute approximate surface area is 111 Å². The third-order valence-electron chi connectivity index (χ3n) is 3.23. The summed E-state index contributed by atoms with van der Waals surface area (Å²) in [6.07, 6.45) is 3.12. The van der Waals surface area contributed by atoms with Crippen molar-refractivity contribution in [1.82, 2.24) is 0 Å². The van der Waals surface area contributed by atoms with E-state index in [-0.39, 0.29) is 6.29 Å². The molecule has 0 aliphatic carbocycles. The van der Waals surface area contributed by atoms with Crippen LogP contribution in [-0.2, 0) is 4.74 Å². The second-order valence-electron chi connectivity index (χ2n) is 4.51. The summed E-state index contributed by atoms with van der Waals surface area (Å²) >= 11 is 6.18. The molecule has 1 atom stereocenters. The predicted octanol–water partition coefficient (Wildman–Crippen LogP) is 4.40. The Kier molecular flexibility index (Phi) is 3.39. The summed E-state index contributed by atoms with van der Waals surface area (Å²) in [4.78, 5) is 0. The molecule has 0 amide bonds. The van der Waals surface area contributed by atoms with Crippen LogP contribution in [0.3, 0.4) is 0 Å². The topological polar surface area (TPSA) is 18.5 Å². The van der Waals surface area contributed by atoms with Gasteiger partial charge in [0.2, 0.25) is 0 Å². The van der Waals surface area contributed by atoms with E-state index in [4.69, 9.17) is 21.1 Å². The fourth-order valence-corrected chi connectivity index (χ4v) is 2.51. The second kappa shape index (κ2) is 5.17. The van der Waals surface area contributed by atoms with E-state index in [1.807, 2.05) is 36.4 Å². The Hall–Kier alpha value is -1.25. The normalized spacial score (nSPS) is 19.9. The summed E-state index contributed by atoms with van der Waals surface area (Å²) in [7, 11) is 0. The quantitative estimate of drug-likeness (QED) is 0.799. The van der Waals surface area contributed by atoms with Gasteiger partial charge >= 0.3 is 0 Å². The van der Waals surface area contributed by atoms with Crippen LogP contribution in [0.5, 0.6) is 5.75 Å². The molecule has 1 aliphatic heterocycles. The molecule has 18 heavy (non-hydrogen) atoms. The Morgan fingerprint density at radius 3 is 2.67 bits per heavy atom. The minimum absolute atomic E-state index is 0.122. The Balaban J connectivity index is 1.94. The van der Waals surface area contributed by atoms with Gasteiger partial charge in [-0.3, -0.25) is 0 Å². The zero-order valence-corrected chi connectivity index (χ0v) is 10.8. The first kappa shape index (κ1) is 11.8. The fraction of sp³-hybridized carbons (Fsp3) is 0.333. The van der Waals surface area contributed by atoms with Gasteiger partial charge in [-0.15, -0.1) is 0 Å². The molecule has 94 valence electrons. The Morgan fingerprint density at radius 2 is 1.89 bits per heavy atom. The lowest BCUT2D eigenvalue weighted by Crippen LogP contribution is -2.25. The van der Waals surface area contributed by atoms with Crippen LogP contribution in [0, 0.1) is 0 Å². The van der Waals surface area contributed by atoms with Gasteiger partial charge in [-0.1, -0.05) is 35.9 Å². The third kappa shape index (κ3) is 2.31. The van der Waals surface area contributed by atoms with E-state index < -0.39 is 0 Å². The van der Waals surface area contributed by atoms with Crippen molar-refractivity contribution in [2.45, 2.75) is 25.6 Å². The van der Waals surface area contributed by atoms with Gasteiger partial charge in [0.1, 0.15) is 5.75 Å². The van der Waals surface area contributed by atoms with Crippen LogP contribution in [0.2, 0.25) is 5.02 Å². The average Bonchev–Trinajstić information content (AvgIpc) is 2.44. The number of hydrogen-bond donors (Lipinski definition) is 0. The Bertz CT molecular complexity index is 547. The molecule has 0 spiro atoms. The summed E-state index contributed by atoms with van der Waals surface area (Å²) in [6.45, 7) is 0.788. The van der Waals surface area contributed by atoms with Crippen molar-refractivity contribution in [2.75, 3.05) is 6.61 Å². The zero-order valence-electron chi connectivity index (χ0n) is 10.1. The van der Waals surface area contributed by atoms with Crippen LogP contribution >= 0.6 is 11.6 Å². The first-order chi connectivity index (χ1) is 8.84. The lowest BCUT2D eigenvalue weighted by Gasteiger charge is -2.24. The molecule has 0 N–H and O–H groups in total. The molecular weight excluding hydrogens is 248 g/mol. The highest BCUT2D eigenvalue weighted by atomic mass is 35.5. The van der Waals surface area contributed by atoms with E-state index in [2.05, 4.69) is 0 Å². The molecule has 3 heteroatoms. The minimum Gasteiger partial charge on any atom is -0.464 e. The van der Waals surface area contributed by atoms with Gasteiger partial charge in [0, 0.05) is 22.2 Å². The van der Waals surface area contributed by atoms with Gasteiger partial charge in [-0.25, -0.2) is 0 Å². The molecule has 2 nitrogen and oxygen atoms in total. The van der Waals surface area contributed by atoms with Gasteiger partial charge < -0.3 is 9.47 Å².